The summed E-state index contributed by atoms with van der Waals surface area (Å²) in [5.74, 6) is 1.22. The predicted molar refractivity (Wildman–Crippen MR) is 140 cm³/mol. The minimum atomic E-state index is -0.0513. The zero-order valence-electron chi connectivity index (χ0n) is 20.1. The molecule has 0 fully saturated rings. The molecule has 0 aliphatic carbocycles. The summed E-state index contributed by atoms with van der Waals surface area (Å²) < 4.78 is 6.27. The summed E-state index contributed by atoms with van der Waals surface area (Å²) >= 11 is 0. The molecule has 34 heavy (non-hydrogen) atoms. The fourth-order valence-electron chi connectivity index (χ4n) is 3.84. The van der Waals surface area contributed by atoms with Crippen LogP contribution < -0.4 is 15.4 Å². The van der Waals surface area contributed by atoms with Crippen LogP contribution in [-0.4, -0.2) is 12.5 Å². The monoisotopic (exact) mass is 452 g/mol. The molecular weight excluding hydrogens is 420 g/mol. The number of amides is 1. The Hall–Kier alpha value is -3.79. The van der Waals surface area contributed by atoms with E-state index in [-0.39, 0.29) is 5.91 Å². The molecule has 0 radical (unpaired) electrons. The summed E-state index contributed by atoms with van der Waals surface area (Å²) in [4.78, 5) is 12.5. The molecule has 1 amide bonds. The van der Waals surface area contributed by atoms with Crippen LogP contribution in [0, 0.1) is 12.8 Å². The van der Waals surface area contributed by atoms with Gasteiger partial charge in [-0.25, -0.2) is 0 Å². The number of carbonyl (C=O) groups excluding carboxylic acids is 1. The van der Waals surface area contributed by atoms with E-state index in [2.05, 4.69) is 79.9 Å². The van der Waals surface area contributed by atoms with Crippen molar-refractivity contribution >= 4 is 22.4 Å². The van der Waals surface area contributed by atoms with Crippen molar-refractivity contribution in [3.8, 4) is 5.75 Å². The second-order valence-electron chi connectivity index (χ2n) is 9.08. The average Bonchev–Trinajstić information content (AvgIpc) is 2.86. The van der Waals surface area contributed by atoms with Crippen molar-refractivity contribution in [2.75, 3.05) is 11.9 Å². The number of anilines is 1. The molecule has 0 unspecified atom stereocenters. The van der Waals surface area contributed by atoms with E-state index in [4.69, 9.17) is 4.74 Å². The van der Waals surface area contributed by atoms with E-state index < -0.39 is 0 Å². The summed E-state index contributed by atoms with van der Waals surface area (Å²) in [6.45, 7) is 8.01. The molecule has 4 nitrogen and oxygen atoms in total. The minimum Gasteiger partial charge on any atom is -0.489 e. The van der Waals surface area contributed by atoms with Gasteiger partial charge in [0.2, 0.25) is 0 Å². The first-order chi connectivity index (χ1) is 16.5. The number of ether oxygens (including phenoxy) is 1. The first kappa shape index (κ1) is 23.4. The van der Waals surface area contributed by atoms with Gasteiger partial charge < -0.3 is 15.4 Å². The largest absolute Gasteiger partial charge is 0.489 e. The third kappa shape index (κ3) is 5.96. The lowest BCUT2D eigenvalue weighted by Crippen LogP contribution is -2.27. The molecule has 4 rings (SSSR count). The standard InChI is InChI=1S/C30H32N2O2/c1-21(2)18-32-30(33)25-8-6-9-26(17-25)31-19-28-27-10-5-4-7-24(27)15-16-29(28)34-20-23-13-11-22(3)12-14-23/h4-17,21,31H,18-20H2,1-3H3,(H,32,33). The van der Waals surface area contributed by atoms with Crippen LogP contribution in [0.1, 0.15) is 40.9 Å². The molecule has 0 bridgehead atoms. The van der Waals surface area contributed by atoms with Gasteiger partial charge >= 0.3 is 0 Å². The van der Waals surface area contributed by atoms with Gasteiger partial charge in [-0.1, -0.05) is 80.1 Å². The maximum absolute atomic E-state index is 12.5. The van der Waals surface area contributed by atoms with Gasteiger partial charge in [-0.2, -0.15) is 0 Å². The average molecular weight is 453 g/mol. The van der Waals surface area contributed by atoms with Gasteiger partial charge in [-0.05, 0) is 53.4 Å². The Kier molecular flexibility index (Phi) is 7.48. The second-order valence-corrected chi connectivity index (χ2v) is 9.08. The van der Waals surface area contributed by atoms with E-state index in [0.717, 1.165) is 28.0 Å². The third-order valence-electron chi connectivity index (χ3n) is 5.78. The second kappa shape index (κ2) is 10.9. The van der Waals surface area contributed by atoms with Crippen molar-refractivity contribution < 1.29 is 9.53 Å². The van der Waals surface area contributed by atoms with Crippen LogP contribution in [0.4, 0.5) is 5.69 Å². The van der Waals surface area contributed by atoms with E-state index in [9.17, 15) is 4.79 Å². The quantitative estimate of drug-likeness (QED) is 0.296. The maximum Gasteiger partial charge on any atom is 0.251 e. The molecule has 4 aromatic carbocycles. The summed E-state index contributed by atoms with van der Waals surface area (Å²) in [6.07, 6.45) is 0. The summed E-state index contributed by atoms with van der Waals surface area (Å²) in [5.41, 5.74) is 5.02. The summed E-state index contributed by atoms with van der Waals surface area (Å²) in [5, 5.41) is 8.81. The van der Waals surface area contributed by atoms with Crippen molar-refractivity contribution in [3.05, 3.63) is 107 Å². The first-order valence-electron chi connectivity index (χ1n) is 11.8. The Morgan fingerprint density at radius 3 is 2.50 bits per heavy atom. The fraction of sp³-hybridized carbons (Fsp3) is 0.233. The molecule has 4 heteroatoms. The van der Waals surface area contributed by atoms with Crippen LogP contribution in [0.5, 0.6) is 5.75 Å². The Labute approximate surface area is 202 Å². The van der Waals surface area contributed by atoms with Crippen LogP contribution in [0.15, 0.2) is 84.9 Å². The van der Waals surface area contributed by atoms with Crippen LogP contribution >= 0.6 is 0 Å². The van der Waals surface area contributed by atoms with Gasteiger partial charge in [0, 0.05) is 29.9 Å². The lowest BCUT2D eigenvalue weighted by Gasteiger charge is -2.16. The molecule has 0 aliphatic rings. The Bertz CT molecular complexity index is 1260. The fourth-order valence-corrected chi connectivity index (χ4v) is 3.84. The number of hydrogen-bond acceptors (Lipinski definition) is 3. The number of fused-ring (bicyclic) bond motifs is 1. The zero-order valence-corrected chi connectivity index (χ0v) is 20.1. The number of benzene rings is 4. The van der Waals surface area contributed by atoms with Crippen molar-refractivity contribution in [1.29, 1.82) is 0 Å². The van der Waals surface area contributed by atoms with Gasteiger partial charge in [-0.15, -0.1) is 0 Å². The van der Waals surface area contributed by atoms with Gasteiger partial charge in [0.25, 0.3) is 5.91 Å². The van der Waals surface area contributed by atoms with E-state index >= 15 is 0 Å². The number of rotatable bonds is 9. The molecule has 0 aromatic heterocycles. The third-order valence-corrected chi connectivity index (χ3v) is 5.78. The number of nitrogens with one attached hydrogen (secondary N) is 2. The van der Waals surface area contributed by atoms with Gasteiger partial charge in [0.15, 0.2) is 0 Å². The molecule has 0 heterocycles. The Morgan fingerprint density at radius 1 is 0.912 bits per heavy atom. The highest BCUT2D eigenvalue weighted by atomic mass is 16.5. The van der Waals surface area contributed by atoms with E-state index in [0.29, 0.717) is 31.2 Å². The van der Waals surface area contributed by atoms with Crippen molar-refractivity contribution in [3.63, 3.8) is 0 Å². The van der Waals surface area contributed by atoms with E-state index in [1.54, 1.807) is 0 Å². The molecule has 0 saturated heterocycles. The Balaban J connectivity index is 1.53. The van der Waals surface area contributed by atoms with Gasteiger partial charge in [0.1, 0.15) is 12.4 Å². The zero-order chi connectivity index (χ0) is 23.9. The predicted octanol–water partition coefficient (Wildman–Crippen LogP) is 6.73. The summed E-state index contributed by atoms with van der Waals surface area (Å²) in [6, 6.07) is 28.5. The normalized spacial score (nSPS) is 10.9. The highest BCUT2D eigenvalue weighted by Crippen LogP contribution is 2.30. The topological polar surface area (TPSA) is 50.4 Å². The Morgan fingerprint density at radius 2 is 1.71 bits per heavy atom. The molecule has 4 aromatic rings. The van der Waals surface area contributed by atoms with Crippen LogP contribution in [0.3, 0.4) is 0 Å². The van der Waals surface area contributed by atoms with E-state index in [1.165, 1.54) is 10.9 Å². The molecule has 0 saturated carbocycles. The van der Waals surface area contributed by atoms with Crippen molar-refractivity contribution in [2.24, 2.45) is 5.92 Å². The van der Waals surface area contributed by atoms with Crippen molar-refractivity contribution in [1.82, 2.24) is 5.32 Å². The highest BCUT2D eigenvalue weighted by molar-refractivity contribution is 5.95. The SMILES string of the molecule is Cc1ccc(COc2ccc3ccccc3c2CNc2cccc(C(=O)NCC(C)C)c2)cc1. The van der Waals surface area contributed by atoms with Crippen molar-refractivity contribution in [2.45, 2.75) is 33.9 Å². The smallest absolute Gasteiger partial charge is 0.251 e. The number of aryl methyl sites for hydroxylation is 1. The van der Waals surface area contributed by atoms with Gasteiger partial charge in [-0.3, -0.25) is 4.79 Å². The molecule has 0 atom stereocenters. The molecule has 2 N–H and O–H groups in total. The number of hydrogen-bond donors (Lipinski definition) is 2. The van der Waals surface area contributed by atoms with E-state index in [1.807, 2.05) is 36.4 Å². The summed E-state index contributed by atoms with van der Waals surface area (Å²) in [7, 11) is 0. The van der Waals surface area contributed by atoms with Crippen LogP contribution in [-0.2, 0) is 13.2 Å². The maximum atomic E-state index is 12.5. The number of carbonyl (C=O) groups is 1. The molecule has 0 aliphatic heterocycles. The lowest BCUT2D eigenvalue weighted by molar-refractivity contribution is 0.0949. The van der Waals surface area contributed by atoms with Crippen LogP contribution in [0.25, 0.3) is 10.8 Å². The lowest BCUT2D eigenvalue weighted by atomic mass is 10.0. The van der Waals surface area contributed by atoms with Crippen LogP contribution in [0.2, 0.25) is 0 Å². The highest BCUT2D eigenvalue weighted by Gasteiger charge is 2.11. The molecule has 174 valence electrons. The first-order valence-corrected chi connectivity index (χ1v) is 11.8. The van der Waals surface area contributed by atoms with Gasteiger partial charge in [0.05, 0.1) is 0 Å². The molecular formula is C30H32N2O2. The molecule has 0 spiro atoms. The minimum absolute atomic E-state index is 0.0513.